The molecule has 27 heavy (non-hydrogen) atoms. The van der Waals surface area contributed by atoms with Gasteiger partial charge in [-0.05, 0) is 44.0 Å². The number of H-pyrrole nitrogens is 1. The number of anilines is 2. The number of aromatic nitrogens is 3. The fraction of sp³-hybridized carbons (Fsp3) is 0.350. The highest BCUT2D eigenvalue weighted by atomic mass is 16.3. The lowest BCUT2D eigenvalue weighted by atomic mass is 10.1. The zero-order valence-corrected chi connectivity index (χ0v) is 16.2. The van der Waals surface area contributed by atoms with Crippen molar-refractivity contribution >= 4 is 28.3 Å². The van der Waals surface area contributed by atoms with Crippen LogP contribution >= 0.6 is 0 Å². The monoisotopic (exact) mass is 367 g/mol. The second-order valence-electron chi connectivity index (χ2n) is 7.53. The molecule has 0 spiro atoms. The maximum atomic E-state index is 9.69. The maximum Gasteiger partial charge on any atom is 0.233 e. The van der Waals surface area contributed by atoms with Gasteiger partial charge in [-0.25, -0.2) is 4.57 Å². The third kappa shape index (κ3) is 3.86. The molecule has 0 bridgehead atoms. The van der Waals surface area contributed by atoms with Gasteiger partial charge in [0.15, 0.2) is 0 Å². The standard InChI is InChI=1S/C20H26N6O/c1-11(2)9-26-10-23-20(24-12(3)4)17(19(26)22)18(21)16-8-13-7-14(27)5-6-15(13)25-16/h5-8,10-12H,9H2,1-4H3,(H5,21,22,24,25,27)/p+1. The number of hydrogen-bond acceptors (Lipinski definition) is 5. The lowest BCUT2D eigenvalue weighted by molar-refractivity contribution is -0.691. The van der Waals surface area contributed by atoms with Crippen LogP contribution in [0, 0.1) is 11.3 Å². The van der Waals surface area contributed by atoms with E-state index in [9.17, 15) is 5.11 Å². The second kappa shape index (κ2) is 7.26. The Kier molecular flexibility index (Phi) is 5.03. The van der Waals surface area contributed by atoms with Gasteiger partial charge < -0.3 is 21.1 Å². The van der Waals surface area contributed by atoms with Gasteiger partial charge in [0.2, 0.25) is 18.0 Å². The minimum absolute atomic E-state index is 0.157. The minimum Gasteiger partial charge on any atom is -0.508 e. The van der Waals surface area contributed by atoms with Crippen LogP contribution in [0.2, 0.25) is 0 Å². The highest BCUT2D eigenvalue weighted by Crippen LogP contribution is 2.25. The van der Waals surface area contributed by atoms with E-state index in [-0.39, 0.29) is 17.5 Å². The van der Waals surface area contributed by atoms with Crippen molar-refractivity contribution < 1.29 is 9.67 Å². The number of aromatic hydroxyl groups is 1. The fourth-order valence-electron chi connectivity index (χ4n) is 3.08. The molecule has 0 radical (unpaired) electrons. The molecule has 0 aliphatic rings. The average Bonchev–Trinajstić information content (AvgIpc) is 2.99. The van der Waals surface area contributed by atoms with Crippen molar-refractivity contribution in [2.75, 3.05) is 11.1 Å². The summed E-state index contributed by atoms with van der Waals surface area (Å²) in [6.07, 6.45) is 1.72. The molecule has 7 nitrogen and oxygen atoms in total. The van der Waals surface area contributed by atoms with Gasteiger partial charge in [-0.2, -0.15) is 0 Å². The Morgan fingerprint density at radius 2 is 2.04 bits per heavy atom. The van der Waals surface area contributed by atoms with E-state index in [1.807, 2.05) is 24.5 Å². The van der Waals surface area contributed by atoms with E-state index < -0.39 is 0 Å². The van der Waals surface area contributed by atoms with Gasteiger partial charge in [0, 0.05) is 16.9 Å². The van der Waals surface area contributed by atoms with Gasteiger partial charge in [0.1, 0.15) is 11.3 Å². The normalized spacial score (nSPS) is 11.5. The number of phenolic OH excluding ortho intramolecular Hbond substituents is 1. The van der Waals surface area contributed by atoms with E-state index in [4.69, 9.17) is 11.1 Å². The number of aromatic amines is 1. The zero-order chi connectivity index (χ0) is 19.7. The van der Waals surface area contributed by atoms with Crippen LogP contribution in [0.25, 0.3) is 10.9 Å². The molecule has 3 aromatic rings. The molecule has 0 atom stereocenters. The lowest BCUT2D eigenvalue weighted by Gasteiger charge is -2.15. The van der Waals surface area contributed by atoms with Gasteiger partial charge >= 0.3 is 0 Å². The smallest absolute Gasteiger partial charge is 0.233 e. The quantitative estimate of drug-likeness (QED) is 0.340. The summed E-state index contributed by atoms with van der Waals surface area (Å²) in [6.45, 7) is 8.99. The third-order valence-electron chi connectivity index (χ3n) is 4.24. The molecule has 0 saturated heterocycles. The Labute approximate surface area is 158 Å². The first-order valence-electron chi connectivity index (χ1n) is 9.11. The molecule has 142 valence electrons. The molecule has 0 aliphatic carbocycles. The van der Waals surface area contributed by atoms with Gasteiger partial charge in [-0.15, -0.1) is 0 Å². The minimum atomic E-state index is 0.157. The highest BCUT2D eigenvalue weighted by Gasteiger charge is 2.25. The molecule has 0 saturated carbocycles. The molecule has 7 heteroatoms. The van der Waals surface area contributed by atoms with Crippen LogP contribution in [0.4, 0.5) is 11.6 Å². The second-order valence-corrected chi connectivity index (χ2v) is 7.53. The summed E-state index contributed by atoms with van der Waals surface area (Å²) in [4.78, 5) is 7.76. The third-order valence-corrected chi connectivity index (χ3v) is 4.24. The molecule has 0 aliphatic heterocycles. The van der Waals surface area contributed by atoms with E-state index in [0.29, 0.717) is 28.8 Å². The number of fused-ring (bicyclic) bond motifs is 1. The number of nitrogens with two attached hydrogens (primary N) is 1. The number of nitrogens with one attached hydrogen (secondary N) is 3. The molecular formula is C20H27N6O+. The van der Waals surface area contributed by atoms with E-state index in [1.165, 1.54) is 0 Å². The van der Waals surface area contributed by atoms with Gasteiger partial charge in [-0.1, -0.05) is 18.8 Å². The van der Waals surface area contributed by atoms with E-state index in [2.05, 4.69) is 29.1 Å². The summed E-state index contributed by atoms with van der Waals surface area (Å²) in [5.74, 6) is 1.70. The molecule has 0 amide bonds. The lowest BCUT2D eigenvalue weighted by Crippen LogP contribution is -2.42. The summed E-state index contributed by atoms with van der Waals surface area (Å²) in [7, 11) is 0. The van der Waals surface area contributed by atoms with Crippen LogP contribution in [-0.4, -0.2) is 26.8 Å². The number of rotatable bonds is 6. The Balaban J connectivity index is 2.11. The number of nitrogens with zero attached hydrogens (tertiary/aromatic N) is 2. The van der Waals surface area contributed by atoms with Crippen molar-refractivity contribution in [3.63, 3.8) is 0 Å². The Hall–Kier alpha value is -3.09. The molecule has 0 unspecified atom stereocenters. The first-order valence-corrected chi connectivity index (χ1v) is 9.11. The van der Waals surface area contributed by atoms with Crippen molar-refractivity contribution in [3.8, 4) is 5.75 Å². The fourth-order valence-corrected chi connectivity index (χ4v) is 3.08. The molecular weight excluding hydrogens is 340 g/mol. The van der Waals surface area contributed by atoms with Crippen molar-refractivity contribution in [2.45, 2.75) is 40.3 Å². The Bertz CT molecular complexity index is 990. The Morgan fingerprint density at radius 3 is 2.70 bits per heavy atom. The van der Waals surface area contributed by atoms with Crippen molar-refractivity contribution in [1.29, 1.82) is 5.41 Å². The van der Waals surface area contributed by atoms with E-state index in [1.54, 1.807) is 24.5 Å². The molecule has 6 N–H and O–H groups in total. The Morgan fingerprint density at radius 1 is 1.30 bits per heavy atom. The summed E-state index contributed by atoms with van der Waals surface area (Å²) in [5.41, 5.74) is 8.76. The molecule has 1 aromatic carbocycles. The summed E-state index contributed by atoms with van der Waals surface area (Å²) >= 11 is 0. The van der Waals surface area contributed by atoms with Crippen molar-refractivity contribution in [2.24, 2.45) is 5.92 Å². The molecule has 2 aromatic heterocycles. The van der Waals surface area contributed by atoms with E-state index in [0.717, 1.165) is 17.4 Å². The van der Waals surface area contributed by atoms with Gasteiger partial charge in [0.05, 0.1) is 18.0 Å². The van der Waals surface area contributed by atoms with Crippen LogP contribution < -0.4 is 15.6 Å². The number of hydrogen-bond donors (Lipinski definition) is 5. The highest BCUT2D eigenvalue weighted by molar-refractivity contribution is 6.16. The number of phenols is 1. The van der Waals surface area contributed by atoms with Crippen molar-refractivity contribution in [1.82, 2.24) is 9.97 Å². The SMILES string of the molecule is CC(C)C[n+]1cnc(NC(C)C)c(C(=N)c2cc3cc(O)ccc3[nH]2)c1N. The van der Waals surface area contributed by atoms with Crippen molar-refractivity contribution in [3.05, 3.63) is 41.9 Å². The summed E-state index contributed by atoms with van der Waals surface area (Å²) < 4.78 is 1.88. The predicted molar refractivity (Wildman–Crippen MR) is 108 cm³/mol. The van der Waals surface area contributed by atoms with Gasteiger partial charge in [0.25, 0.3) is 0 Å². The predicted octanol–water partition coefficient (Wildman–Crippen LogP) is 3.03. The number of nitrogen functional groups attached to an aromatic ring is 1. The maximum absolute atomic E-state index is 9.69. The van der Waals surface area contributed by atoms with Crippen LogP contribution in [0.3, 0.4) is 0 Å². The average molecular weight is 367 g/mol. The molecule has 0 fully saturated rings. The van der Waals surface area contributed by atoms with Crippen LogP contribution in [0.5, 0.6) is 5.75 Å². The zero-order valence-electron chi connectivity index (χ0n) is 16.2. The van der Waals surface area contributed by atoms with Gasteiger partial charge in [-0.3, -0.25) is 5.41 Å². The first kappa shape index (κ1) is 18.7. The molecule has 2 heterocycles. The first-order chi connectivity index (χ1) is 12.8. The van der Waals surface area contributed by atoms with Crippen LogP contribution in [-0.2, 0) is 6.54 Å². The molecule has 3 rings (SSSR count). The summed E-state index contributed by atoms with van der Waals surface area (Å²) in [5, 5.41) is 22.6. The van der Waals surface area contributed by atoms with E-state index >= 15 is 0 Å². The van der Waals surface area contributed by atoms with Crippen LogP contribution in [0.15, 0.2) is 30.6 Å². The number of benzene rings is 1. The largest absolute Gasteiger partial charge is 0.508 e. The summed E-state index contributed by atoms with van der Waals surface area (Å²) in [6, 6.07) is 7.08. The topological polar surface area (TPSA) is 115 Å². The van der Waals surface area contributed by atoms with Crippen LogP contribution in [0.1, 0.15) is 39.0 Å².